The van der Waals surface area contributed by atoms with Gasteiger partial charge in [-0.25, -0.2) is 0 Å². The molecule has 1 heteroatoms. The van der Waals surface area contributed by atoms with E-state index in [0.29, 0.717) is 5.78 Å². The molecule has 1 nitrogen and oxygen atoms in total. The number of ketones is 1. The fourth-order valence-corrected chi connectivity index (χ4v) is 3.29. The summed E-state index contributed by atoms with van der Waals surface area (Å²) in [6.07, 6.45) is 2.95. The first kappa shape index (κ1) is 14.1. The van der Waals surface area contributed by atoms with E-state index >= 15 is 0 Å². The third-order valence-electron chi connectivity index (χ3n) is 4.70. The number of hydrogen-bond donors (Lipinski definition) is 0. The first-order valence-electron chi connectivity index (χ1n) is 7.75. The fraction of sp³-hybridized carbons (Fsp3) is 0.350. The van der Waals surface area contributed by atoms with E-state index in [1.54, 1.807) is 0 Å². The Bertz CT molecular complexity index is 623. The van der Waals surface area contributed by atoms with Crippen molar-refractivity contribution in [1.82, 2.24) is 0 Å². The van der Waals surface area contributed by atoms with Crippen molar-refractivity contribution in [3.63, 3.8) is 0 Å². The highest BCUT2D eigenvalue weighted by Gasteiger charge is 2.39. The Hall–Kier alpha value is -1.89. The highest BCUT2D eigenvalue weighted by Crippen LogP contribution is 2.39. The second-order valence-electron chi connectivity index (χ2n) is 6.75. The molecule has 1 unspecified atom stereocenters. The van der Waals surface area contributed by atoms with Gasteiger partial charge in [-0.2, -0.15) is 0 Å². The van der Waals surface area contributed by atoms with E-state index in [2.05, 4.69) is 62.4 Å². The van der Waals surface area contributed by atoms with Crippen molar-refractivity contribution in [2.75, 3.05) is 0 Å². The molecule has 0 amide bonds. The summed E-state index contributed by atoms with van der Waals surface area (Å²) < 4.78 is 0. The predicted octanol–water partition coefficient (Wildman–Crippen LogP) is 4.90. The summed E-state index contributed by atoms with van der Waals surface area (Å²) in [5.41, 5.74) is 3.62. The van der Waals surface area contributed by atoms with Gasteiger partial charge in [-0.15, -0.1) is 0 Å². The lowest BCUT2D eigenvalue weighted by atomic mass is 9.87. The minimum absolute atomic E-state index is 0.116. The number of carbonyl (C=O) groups excluding carboxylic acids is 1. The number of rotatable bonds is 3. The maximum absolute atomic E-state index is 12.3. The number of Topliss-reactive ketones (excluding diaryl/α,β-unsaturated/α-hetero) is 1. The molecule has 1 aliphatic rings. The van der Waals surface area contributed by atoms with E-state index < -0.39 is 0 Å². The Balaban J connectivity index is 1.73. The van der Waals surface area contributed by atoms with Crippen molar-refractivity contribution in [2.45, 2.75) is 33.1 Å². The quantitative estimate of drug-likeness (QED) is 0.780. The molecular formula is C20H22O. The molecule has 21 heavy (non-hydrogen) atoms. The molecule has 0 aliphatic heterocycles. The van der Waals surface area contributed by atoms with Crippen LogP contribution >= 0.6 is 0 Å². The van der Waals surface area contributed by atoms with Crippen LogP contribution in [0.25, 0.3) is 11.1 Å². The van der Waals surface area contributed by atoms with E-state index in [0.717, 1.165) is 19.3 Å². The number of hydrogen-bond acceptors (Lipinski definition) is 1. The molecule has 108 valence electrons. The smallest absolute Gasteiger partial charge is 0.141 e. The summed E-state index contributed by atoms with van der Waals surface area (Å²) in [6.45, 7) is 4.15. The summed E-state index contributed by atoms with van der Waals surface area (Å²) in [7, 11) is 0. The first-order valence-corrected chi connectivity index (χ1v) is 7.75. The third kappa shape index (κ3) is 2.92. The molecule has 0 aromatic heterocycles. The Morgan fingerprint density at radius 2 is 1.57 bits per heavy atom. The van der Waals surface area contributed by atoms with Crippen molar-refractivity contribution in [3.05, 3.63) is 60.2 Å². The van der Waals surface area contributed by atoms with Gasteiger partial charge in [0.2, 0.25) is 0 Å². The highest BCUT2D eigenvalue weighted by molar-refractivity contribution is 5.88. The minimum Gasteiger partial charge on any atom is -0.299 e. The average Bonchev–Trinajstić information content (AvgIpc) is 2.76. The van der Waals surface area contributed by atoms with Crippen LogP contribution in [0.4, 0.5) is 0 Å². The maximum atomic E-state index is 12.3. The topological polar surface area (TPSA) is 17.1 Å². The molecule has 0 N–H and O–H groups in total. The summed E-state index contributed by atoms with van der Waals surface area (Å²) >= 11 is 0. The molecule has 3 rings (SSSR count). The first-order chi connectivity index (χ1) is 10.1. The Kier molecular flexibility index (Phi) is 3.67. The lowest BCUT2D eigenvalue weighted by molar-refractivity contribution is -0.127. The zero-order valence-electron chi connectivity index (χ0n) is 12.8. The minimum atomic E-state index is -0.116. The van der Waals surface area contributed by atoms with Crippen molar-refractivity contribution in [1.29, 1.82) is 0 Å². The van der Waals surface area contributed by atoms with E-state index in [4.69, 9.17) is 0 Å². The molecule has 0 radical (unpaired) electrons. The van der Waals surface area contributed by atoms with Crippen LogP contribution in [-0.2, 0) is 11.2 Å². The van der Waals surface area contributed by atoms with Gasteiger partial charge in [0.1, 0.15) is 5.78 Å². The Morgan fingerprint density at radius 1 is 0.952 bits per heavy atom. The monoisotopic (exact) mass is 278 g/mol. The van der Waals surface area contributed by atoms with Crippen molar-refractivity contribution in [2.24, 2.45) is 11.3 Å². The van der Waals surface area contributed by atoms with Crippen LogP contribution in [-0.4, -0.2) is 5.78 Å². The Morgan fingerprint density at radius 3 is 2.14 bits per heavy atom. The molecule has 0 heterocycles. The fourth-order valence-electron chi connectivity index (χ4n) is 3.29. The standard InChI is InChI=1S/C20H22O/c1-20(2)13-12-18(19(20)21)14-15-8-10-17(11-9-15)16-6-4-3-5-7-16/h3-11,18H,12-14H2,1-2H3. The summed E-state index contributed by atoms with van der Waals surface area (Å²) in [6, 6.07) is 19.1. The van der Waals surface area contributed by atoms with Gasteiger partial charge in [0.25, 0.3) is 0 Å². The summed E-state index contributed by atoms with van der Waals surface area (Å²) in [5, 5.41) is 0. The van der Waals surface area contributed by atoms with Gasteiger partial charge in [-0.3, -0.25) is 4.79 Å². The van der Waals surface area contributed by atoms with Gasteiger partial charge in [0.05, 0.1) is 0 Å². The third-order valence-corrected chi connectivity index (χ3v) is 4.70. The van der Waals surface area contributed by atoms with E-state index in [-0.39, 0.29) is 11.3 Å². The van der Waals surface area contributed by atoms with Gasteiger partial charge < -0.3 is 0 Å². The average molecular weight is 278 g/mol. The molecule has 0 saturated heterocycles. The summed E-state index contributed by atoms with van der Waals surface area (Å²) in [5.74, 6) is 0.650. The van der Waals surface area contributed by atoms with Gasteiger partial charge in [0.15, 0.2) is 0 Å². The zero-order valence-corrected chi connectivity index (χ0v) is 12.8. The molecular weight excluding hydrogens is 256 g/mol. The largest absolute Gasteiger partial charge is 0.299 e. The van der Waals surface area contributed by atoms with Crippen LogP contribution in [0.1, 0.15) is 32.3 Å². The molecule has 1 atom stereocenters. The van der Waals surface area contributed by atoms with Gasteiger partial charge >= 0.3 is 0 Å². The Labute approximate surface area is 127 Å². The van der Waals surface area contributed by atoms with Crippen molar-refractivity contribution < 1.29 is 4.79 Å². The summed E-state index contributed by atoms with van der Waals surface area (Å²) in [4.78, 5) is 12.3. The molecule has 1 aliphatic carbocycles. The molecule has 2 aromatic rings. The SMILES string of the molecule is CC1(C)CCC(Cc2ccc(-c3ccccc3)cc2)C1=O. The van der Waals surface area contributed by atoms with Crippen LogP contribution in [0, 0.1) is 11.3 Å². The lowest BCUT2D eigenvalue weighted by Gasteiger charge is -2.16. The zero-order chi connectivity index (χ0) is 14.9. The molecule has 0 bridgehead atoms. The van der Waals surface area contributed by atoms with Crippen LogP contribution in [0.15, 0.2) is 54.6 Å². The van der Waals surface area contributed by atoms with E-state index in [1.807, 2.05) is 6.07 Å². The molecule has 0 spiro atoms. The van der Waals surface area contributed by atoms with Crippen molar-refractivity contribution >= 4 is 5.78 Å². The predicted molar refractivity (Wildman–Crippen MR) is 87.1 cm³/mol. The maximum Gasteiger partial charge on any atom is 0.141 e. The van der Waals surface area contributed by atoms with Crippen LogP contribution in [0.3, 0.4) is 0 Å². The molecule has 1 saturated carbocycles. The molecule has 1 fully saturated rings. The van der Waals surface area contributed by atoms with Gasteiger partial charge in [-0.1, -0.05) is 68.4 Å². The van der Waals surface area contributed by atoms with E-state index in [9.17, 15) is 4.79 Å². The highest BCUT2D eigenvalue weighted by atomic mass is 16.1. The second kappa shape index (κ2) is 5.48. The second-order valence-corrected chi connectivity index (χ2v) is 6.75. The van der Waals surface area contributed by atoms with Crippen molar-refractivity contribution in [3.8, 4) is 11.1 Å². The van der Waals surface area contributed by atoms with Crippen LogP contribution in [0.5, 0.6) is 0 Å². The lowest BCUT2D eigenvalue weighted by Crippen LogP contribution is -2.22. The number of benzene rings is 2. The van der Waals surface area contributed by atoms with Crippen LogP contribution < -0.4 is 0 Å². The van der Waals surface area contributed by atoms with Gasteiger partial charge in [0, 0.05) is 11.3 Å². The van der Waals surface area contributed by atoms with E-state index in [1.165, 1.54) is 16.7 Å². The van der Waals surface area contributed by atoms with Gasteiger partial charge in [-0.05, 0) is 36.0 Å². The molecule has 2 aromatic carbocycles. The number of carbonyl (C=O) groups is 1. The van der Waals surface area contributed by atoms with Crippen LogP contribution in [0.2, 0.25) is 0 Å². The normalized spacial score (nSPS) is 20.7.